The van der Waals surface area contributed by atoms with Gasteiger partial charge in [0.05, 0.1) is 16.6 Å². The minimum atomic E-state index is -0.221. The van der Waals surface area contributed by atoms with Crippen molar-refractivity contribution in [2.45, 2.75) is 39.0 Å². The Morgan fingerprint density at radius 1 is 1.21 bits per heavy atom. The molecule has 3 aromatic rings. The Labute approximate surface area is 169 Å². The number of anilines is 1. The molecule has 1 aliphatic rings. The van der Waals surface area contributed by atoms with Crippen molar-refractivity contribution in [2.24, 2.45) is 7.05 Å². The third-order valence-corrected chi connectivity index (χ3v) is 5.15. The molecular weight excluding hydrogens is 366 g/mol. The maximum absolute atomic E-state index is 13.2. The third-order valence-electron chi connectivity index (χ3n) is 5.15. The molecule has 1 fully saturated rings. The van der Waals surface area contributed by atoms with Crippen LogP contribution in [0.5, 0.6) is 0 Å². The molecule has 1 aromatic carbocycles. The molecule has 0 saturated heterocycles. The summed E-state index contributed by atoms with van der Waals surface area (Å²) in [5, 5.41) is 11.0. The minimum absolute atomic E-state index is 0.145. The van der Waals surface area contributed by atoms with Crippen LogP contribution in [0.4, 0.5) is 5.69 Å². The number of rotatable bonds is 6. The zero-order chi connectivity index (χ0) is 20.5. The van der Waals surface area contributed by atoms with Crippen LogP contribution in [-0.2, 0) is 7.05 Å². The van der Waals surface area contributed by atoms with Gasteiger partial charge in [-0.25, -0.2) is 4.98 Å². The molecule has 4 rings (SSSR count). The Bertz CT molecular complexity index is 1100. The molecule has 2 N–H and O–H groups in total. The number of fused-ring (bicyclic) bond motifs is 1. The van der Waals surface area contributed by atoms with Gasteiger partial charge < -0.3 is 10.6 Å². The van der Waals surface area contributed by atoms with E-state index in [4.69, 9.17) is 4.98 Å². The van der Waals surface area contributed by atoms with Crippen LogP contribution in [0.25, 0.3) is 11.0 Å². The van der Waals surface area contributed by atoms with Gasteiger partial charge in [0.15, 0.2) is 5.65 Å². The van der Waals surface area contributed by atoms with Crippen molar-refractivity contribution >= 4 is 28.5 Å². The van der Waals surface area contributed by atoms with E-state index in [0.717, 1.165) is 41.7 Å². The highest BCUT2D eigenvalue weighted by atomic mass is 16.2. The van der Waals surface area contributed by atoms with E-state index >= 15 is 0 Å². The molecule has 150 valence electrons. The van der Waals surface area contributed by atoms with Gasteiger partial charge in [-0.3, -0.25) is 14.3 Å². The predicted molar refractivity (Wildman–Crippen MR) is 112 cm³/mol. The summed E-state index contributed by atoms with van der Waals surface area (Å²) in [6.45, 7) is 4.51. The second-order valence-electron chi connectivity index (χ2n) is 7.57. The lowest BCUT2D eigenvalue weighted by Gasteiger charge is -2.10. The Balaban J connectivity index is 1.65. The van der Waals surface area contributed by atoms with Crippen molar-refractivity contribution in [1.82, 2.24) is 20.1 Å². The summed E-state index contributed by atoms with van der Waals surface area (Å²) in [4.78, 5) is 30.1. The highest BCUT2D eigenvalue weighted by Gasteiger charge is 2.28. The number of hydrogen-bond donors (Lipinski definition) is 2. The maximum Gasteiger partial charge on any atom is 0.256 e. The standard InChI is InChI=1S/C22H25N5O2/c1-4-10-23-21(28)15-6-5-7-16(11-15)24-22(29)17-12-18(14-8-9-14)25-20-19(17)13(2)26-27(20)3/h5-7,11-12,14H,4,8-10H2,1-3H3,(H,23,28)(H,24,29). The zero-order valence-electron chi connectivity index (χ0n) is 17.0. The van der Waals surface area contributed by atoms with Crippen LogP contribution in [0, 0.1) is 6.92 Å². The second-order valence-corrected chi connectivity index (χ2v) is 7.57. The summed E-state index contributed by atoms with van der Waals surface area (Å²) in [6.07, 6.45) is 3.07. The van der Waals surface area contributed by atoms with Crippen molar-refractivity contribution in [3.05, 3.63) is 52.8 Å². The van der Waals surface area contributed by atoms with Crippen molar-refractivity contribution in [3.8, 4) is 0 Å². The molecule has 0 aliphatic heterocycles. The molecule has 0 unspecified atom stereocenters. The van der Waals surface area contributed by atoms with Crippen LogP contribution in [0.1, 0.15) is 64.2 Å². The van der Waals surface area contributed by atoms with Crippen LogP contribution >= 0.6 is 0 Å². The Kier molecular flexibility index (Phi) is 5.05. The topological polar surface area (TPSA) is 88.9 Å². The van der Waals surface area contributed by atoms with E-state index in [2.05, 4.69) is 15.7 Å². The van der Waals surface area contributed by atoms with Gasteiger partial charge in [-0.15, -0.1) is 0 Å². The number of amides is 2. The van der Waals surface area contributed by atoms with Gasteiger partial charge in [0.1, 0.15) is 0 Å². The molecule has 0 atom stereocenters. The first-order valence-corrected chi connectivity index (χ1v) is 10.0. The summed E-state index contributed by atoms with van der Waals surface area (Å²) in [6, 6.07) is 8.87. The van der Waals surface area contributed by atoms with Crippen LogP contribution in [0.3, 0.4) is 0 Å². The van der Waals surface area contributed by atoms with Crippen molar-refractivity contribution in [3.63, 3.8) is 0 Å². The monoisotopic (exact) mass is 391 g/mol. The highest BCUT2D eigenvalue weighted by molar-refractivity contribution is 6.13. The SMILES string of the molecule is CCCNC(=O)c1cccc(NC(=O)c2cc(C3CC3)nc3c2c(C)nn3C)c1. The number of hydrogen-bond acceptors (Lipinski definition) is 4. The number of carbonyl (C=O) groups excluding carboxylic acids is 2. The van der Waals surface area contributed by atoms with Crippen LogP contribution in [0.2, 0.25) is 0 Å². The van der Waals surface area contributed by atoms with Gasteiger partial charge in [0.25, 0.3) is 11.8 Å². The van der Waals surface area contributed by atoms with E-state index in [9.17, 15) is 9.59 Å². The number of carbonyl (C=O) groups is 2. The molecule has 7 nitrogen and oxygen atoms in total. The molecule has 2 aromatic heterocycles. The number of nitrogens with one attached hydrogen (secondary N) is 2. The minimum Gasteiger partial charge on any atom is -0.352 e. The Morgan fingerprint density at radius 2 is 2.00 bits per heavy atom. The van der Waals surface area contributed by atoms with Crippen molar-refractivity contribution in [2.75, 3.05) is 11.9 Å². The lowest BCUT2D eigenvalue weighted by molar-refractivity contribution is 0.0952. The largest absolute Gasteiger partial charge is 0.352 e. The summed E-state index contributed by atoms with van der Waals surface area (Å²) in [7, 11) is 1.85. The highest BCUT2D eigenvalue weighted by Crippen LogP contribution is 2.40. The van der Waals surface area contributed by atoms with Gasteiger partial charge in [0, 0.05) is 36.5 Å². The van der Waals surface area contributed by atoms with E-state index in [1.165, 1.54) is 0 Å². The molecule has 29 heavy (non-hydrogen) atoms. The quantitative estimate of drug-likeness (QED) is 0.673. The van der Waals surface area contributed by atoms with Crippen molar-refractivity contribution in [1.29, 1.82) is 0 Å². The number of nitrogens with zero attached hydrogens (tertiary/aromatic N) is 3. The third kappa shape index (κ3) is 3.85. The fourth-order valence-electron chi connectivity index (χ4n) is 3.51. The average molecular weight is 391 g/mol. The molecule has 0 spiro atoms. The number of aromatic nitrogens is 3. The van der Waals surface area contributed by atoms with E-state index < -0.39 is 0 Å². The fraction of sp³-hybridized carbons (Fsp3) is 0.364. The molecule has 1 saturated carbocycles. The lowest BCUT2D eigenvalue weighted by atomic mass is 10.1. The van der Waals surface area contributed by atoms with Gasteiger partial charge in [-0.05, 0) is 50.5 Å². The lowest BCUT2D eigenvalue weighted by Crippen LogP contribution is -2.24. The average Bonchev–Trinajstić information content (AvgIpc) is 3.52. The van der Waals surface area contributed by atoms with Gasteiger partial charge in [0.2, 0.25) is 0 Å². The molecule has 0 radical (unpaired) electrons. The smallest absolute Gasteiger partial charge is 0.256 e. The molecule has 7 heteroatoms. The number of aryl methyl sites for hydroxylation is 2. The molecular formula is C22H25N5O2. The van der Waals surface area contributed by atoms with Gasteiger partial charge in [-0.2, -0.15) is 5.10 Å². The van der Waals surface area contributed by atoms with Gasteiger partial charge >= 0.3 is 0 Å². The fourth-order valence-corrected chi connectivity index (χ4v) is 3.51. The maximum atomic E-state index is 13.2. The number of benzene rings is 1. The van der Waals surface area contributed by atoms with Crippen molar-refractivity contribution < 1.29 is 9.59 Å². The normalized spacial score (nSPS) is 13.5. The molecule has 2 heterocycles. The molecule has 0 bridgehead atoms. The summed E-state index contributed by atoms with van der Waals surface area (Å²) >= 11 is 0. The van der Waals surface area contributed by atoms with E-state index in [1.54, 1.807) is 28.9 Å². The van der Waals surface area contributed by atoms with E-state index in [1.807, 2.05) is 27.0 Å². The first-order chi connectivity index (χ1) is 14.0. The van der Waals surface area contributed by atoms with Crippen LogP contribution in [-0.4, -0.2) is 33.1 Å². The van der Waals surface area contributed by atoms with Crippen LogP contribution in [0.15, 0.2) is 30.3 Å². The summed E-state index contributed by atoms with van der Waals surface area (Å²) in [5.41, 5.74) is 4.12. The number of pyridine rings is 1. The second kappa shape index (κ2) is 7.66. The molecule has 2 amide bonds. The van der Waals surface area contributed by atoms with E-state index in [0.29, 0.717) is 29.3 Å². The van der Waals surface area contributed by atoms with Gasteiger partial charge in [-0.1, -0.05) is 13.0 Å². The Morgan fingerprint density at radius 3 is 2.72 bits per heavy atom. The first kappa shape index (κ1) is 19.1. The zero-order valence-corrected chi connectivity index (χ0v) is 17.0. The molecule has 1 aliphatic carbocycles. The Hall–Kier alpha value is -3.22. The first-order valence-electron chi connectivity index (χ1n) is 10.0. The summed E-state index contributed by atoms with van der Waals surface area (Å²) in [5.74, 6) is 0.0571. The van der Waals surface area contributed by atoms with Crippen LogP contribution < -0.4 is 10.6 Å². The predicted octanol–water partition coefficient (Wildman–Crippen LogP) is 3.55. The summed E-state index contributed by atoms with van der Waals surface area (Å²) < 4.78 is 1.73. The van der Waals surface area contributed by atoms with E-state index in [-0.39, 0.29) is 11.8 Å².